The predicted octanol–water partition coefficient (Wildman–Crippen LogP) is 2.30. The third kappa shape index (κ3) is 2.98. The fourth-order valence-corrected chi connectivity index (χ4v) is 1.21. The number of Topliss-reactive ketones (excluding diaryl/α,β-unsaturated/α-hetero) is 1. The van der Waals surface area contributed by atoms with Crippen molar-refractivity contribution in [1.29, 1.82) is 0 Å². The van der Waals surface area contributed by atoms with Crippen molar-refractivity contribution in [2.24, 2.45) is 0 Å². The zero-order valence-electron chi connectivity index (χ0n) is 8.21. The minimum absolute atomic E-state index is 0.322. The molecule has 0 spiro atoms. The Bertz CT molecular complexity index is 294. The van der Waals surface area contributed by atoms with Gasteiger partial charge in [0.15, 0.2) is 0 Å². The summed E-state index contributed by atoms with van der Waals surface area (Å²) >= 11 is 0. The third-order valence-corrected chi connectivity index (χ3v) is 2.21. The first-order valence-corrected chi connectivity index (χ1v) is 4.65. The van der Waals surface area contributed by atoms with Gasteiger partial charge in [-0.3, -0.25) is 9.78 Å². The van der Waals surface area contributed by atoms with Crippen LogP contribution in [0.25, 0.3) is 0 Å². The van der Waals surface area contributed by atoms with Crippen LogP contribution in [0.4, 0.5) is 0 Å². The van der Waals surface area contributed by atoms with Crippen LogP contribution in [-0.2, 0) is 11.2 Å². The highest BCUT2D eigenvalue weighted by Gasteiger charge is 2.01. The number of pyridine rings is 1. The van der Waals surface area contributed by atoms with Crippen LogP contribution in [0.3, 0.4) is 0 Å². The van der Waals surface area contributed by atoms with Crippen LogP contribution < -0.4 is 0 Å². The first-order valence-electron chi connectivity index (χ1n) is 4.65. The Morgan fingerprint density at radius 2 is 2.31 bits per heavy atom. The molecular formula is C11H15NO. The van der Waals surface area contributed by atoms with Crippen LogP contribution in [0.1, 0.15) is 30.9 Å². The lowest BCUT2D eigenvalue weighted by molar-refractivity contribution is -0.118. The molecular weight excluding hydrogens is 162 g/mol. The van der Waals surface area contributed by atoms with Crippen LogP contribution in [0.2, 0.25) is 0 Å². The summed E-state index contributed by atoms with van der Waals surface area (Å²) in [5, 5.41) is 0. The summed E-state index contributed by atoms with van der Waals surface area (Å²) in [5.41, 5.74) is 2.41. The van der Waals surface area contributed by atoms with Gasteiger partial charge in [-0.15, -0.1) is 0 Å². The largest absolute Gasteiger partial charge is 0.300 e. The summed E-state index contributed by atoms with van der Waals surface area (Å²) < 4.78 is 0. The van der Waals surface area contributed by atoms with E-state index in [0.29, 0.717) is 18.6 Å². The van der Waals surface area contributed by atoms with Crippen LogP contribution in [0, 0.1) is 6.92 Å². The zero-order chi connectivity index (χ0) is 9.68. The van der Waals surface area contributed by atoms with Crippen LogP contribution in [0.15, 0.2) is 18.5 Å². The molecule has 0 saturated heterocycles. The molecule has 70 valence electrons. The molecule has 0 fully saturated rings. The van der Waals surface area contributed by atoms with Gasteiger partial charge in [0, 0.05) is 25.2 Å². The molecule has 0 bridgehead atoms. The summed E-state index contributed by atoms with van der Waals surface area (Å²) in [5.74, 6) is 0.322. The molecule has 0 aromatic carbocycles. The van der Waals surface area contributed by atoms with Gasteiger partial charge in [-0.05, 0) is 30.5 Å². The Morgan fingerprint density at radius 3 is 2.92 bits per heavy atom. The van der Waals surface area contributed by atoms with Crippen LogP contribution in [-0.4, -0.2) is 10.8 Å². The van der Waals surface area contributed by atoms with Crippen molar-refractivity contribution in [3.63, 3.8) is 0 Å². The highest BCUT2D eigenvalue weighted by atomic mass is 16.1. The molecule has 0 saturated carbocycles. The standard InChI is InChI=1S/C11H15NO/c1-3-11(13)5-4-10-8-12-7-6-9(10)2/h6-8H,3-5H2,1-2H3. The summed E-state index contributed by atoms with van der Waals surface area (Å²) in [6.45, 7) is 3.95. The number of nitrogens with zero attached hydrogens (tertiary/aromatic N) is 1. The second-order valence-electron chi connectivity index (χ2n) is 3.19. The summed E-state index contributed by atoms with van der Waals surface area (Å²) in [4.78, 5) is 15.1. The minimum Gasteiger partial charge on any atom is -0.300 e. The maximum atomic E-state index is 11.1. The summed E-state index contributed by atoms with van der Waals surface area (Å²) in [6.07, 6.45) is 5.73. The van der Waals surface area contributed by atoms with E-state index in [4.69, 9.17) is 0 Å². The lowest BCUT2D eigenvalue weighted by atomic mass is 10.0. The van der Waals surface area contributed by atoms with Crippen molar-refractivity contribution in [2.45, 2.75) is 33.1 Å². The van der Waals surface area contributed by atoms with Gasteiger partial charge in [0.1, 0.15) is 5.78 Å². The zero-order valence-corrected chi connectivity index (χ0v) is 8.21. The topological polar surface area (TPSA) is 30.0 Å². The molecule has 0 aliphatic carbocycles. The van der Waals surface area contributed by atoms with Crippen LogP contribution in [0.5, 0.6) is 0 Å². The van der Waals surface area contributed by atoms with Crippen molar-refractivity contribution >= 4 is 5.78 Å². The van der Waals surface area contributed by atoms with Crippen molar-refractivity contribution in [2.75, 3.05) is 0 Å². The van der Waals surface area contributed by atoms with Gasteiger partial charge < -0.3 is 0 Å². The molecule has 2 nitrogen and oxygen atoms in total. The molecule has 1 aromatic rings. The first kappa shape index (κ1) is 9.90. The lowest BCUT2D eigenvalue weighted by Gasteiger charge is -2.02. The smallest absolute Gasteiger partial charge is 0.132 e. The predicted molar refractivity (Wildman–Crippen MR) is 52.6 cm³/mol. The highest BCUT2D eigenvalue weighted by Crippen LogP contribution is 2.08. The van der Waals surface area contributed by atoms with E-state index in [2.05, 4.69) is 4.98 Å². The maximum absolute atomic E-state index is 11.1. The monoisotopic (exact) mass is 177 g/mol. The Labute approximate surface area is 79.0 Å². The van der Waals surface area contributed by atoms with Gasteiger partial charge in [-0.1, -0.05) is 6.92 Å². The number of ketones is 1. The van der Waals surface area contributed by atoms with Gasteiger partial charge in [0.05, 0.1) is 0 Å². The van der Waals surface area contributed by atoms with E-state index >= 15 is 0 Å². The number of aromatic nitrogens is 1. The number of carbonyl (C=O) groups excluding carboxylic acids is 1. The molecule has 0 N–H and O–H groups in total. The Hall–Kier alpha value is -1.18. The number of hydrogen-bond donors (Lipinski definition) is 0. The molecule has 0 radical (unpaired) electrons. The van der Waals surface area contributed by atoms with Crippen molar-refractivity contribution in [3.8, 4) is 0 Å². The SMILES string of the molecule is CCC(=O)CCc1cnccc1C. The fraction of sp³-hybridized carbons (Fsp3) is 0.455. The molecule has 0 unspecified atom stereocenters. The number of rotatable bonds is 4. The van der Waals surface area contributed by atoms with Crippen molar-refractivity contribution in [1.82, 2.24) is 4.98 Å². The minimum atomic E-state index is 0.322. The number of hydrogen-bond acceptors (Lipinski definition) is 2. The van der Waals surface area contributed by atoms with Crippen LogP contribution >= 0.6 is 0 Å². The Balaban J connectivity index is 2.54. The van der Waals surface area contributed by atoms with E-state index in [-0.39, 0.29) is 0 Å². The second-order valence-corrected chi connectivity index (χ2v) is 3.19. The van der Waals surface area contributed by atoms with Crippen molar-refractivity contribution < 1.29 is 4.79 Å². The van der Waals surface area contributed by atoms with E-state index in [1.54, 1.807) is 6.20 Å². The van der Waals surface area contributed by atoms with E-state index in [9.17, 15) is 4.79 Å². The molecule has 1 heterocycles. The van der Waals surface area contributed by atoms with Gasteiger partial charge in [-0.2, -0.15) is 0 Å². The number of carbonyl (C=O) groups is 1. The molecule has 0 amide bonds. The van der Waals surface area contributed by atoms with Gasteiger partial charge >= 0.3 is 0 Å². The fourth-order valence-electron chi connectivity index (χ4n) is 1.21. The molecule has 0 atom stereocenters. The molecule has 0 aliphatic heterocycles. The normalized spacial score (nSPS) is 10.0. The molecule has 0 aliphatic rings. The lowest BCUT2D eigenvalue weighted by Crippen LogP contribution is -1.99. The average Bonchev–Trinajstić information content (AvgIpc) is 2.16. The van der Waals surface area contributed by atoms with Crippen molar-refractivity contribution in [3.05, 3.63) is 29.6 Å². The van der Waals surface area contributed by atoms with E-state index in [0.717, 1.165) is 6.42 Å². The number of aryl methyl sites for hydroxylation is 2. The maximum Gasteiger partial charge on any atom is 0.132 e. The molecule has 1 rings (SSSR count). The van der Waals surface area contributed by atoms with Gasteiger partial charge in [-0.25, -0.2) is 0 Å². The summed E-state index contributed by atoms with van der Waals surface area (Å²) in [6, 6.07) is 1.98. The molecule has 13 heavy (non-hydrogen) atoms. The quantitative estimate of drug-likeness (QED) is 0.706. The average molecular weight is 177 g/mol. The van der Waals surface area contributed by atoms with Gasteiger partial charge in [0.2, 0.25) is 0 Å². The molecule has 1 aromatic heterocycles. The van der Waals surface area contributed by atoms with E-state index < -0.39 is 0 Å². The summed E-state index contributed by atoms with van der Waals surface area (Å²) in [7, 11) is 0. The molecule has 2 heteroatoms. The Morgan fingerprint density at radius 1 is 1.54 bits per heavy atom. The first-order chi connectivity index (χ1) is 6.24. The van der Waals surface area contributed by atoms with E-state index in [1.165, 1.54) is 11.1 Å². The second kappa shape index (κ2) is 4.75. The highest BCUT2D eigenvalue weighted by molar-refractivity contribution is 5.78. The Kier molecular flexibility index (Phi) is 3.62. The third-order valence-electron chi connectivity index (χ3n) is 2.21. The van der Waals surface area contributed by atoms with E-state index in [1.807, 2.05) is 26.1 Å². The van der Waals surface area contributed by atoms with Gasteiger partial charge in [0.25, 0.3) is 0 Å².